The molecule has 0 radical (unpaired) electrons. The maximum Gasteiger partial charge on any atom is 0.232 e. The molecule has 1 heterocycles. The van der Waals surface area contributed by atoms with Crippen LogP contribution in [0, 0.1) is 5.41 Å². The summed E-state index contributed by atoms with van der Waals surface area (Å²) in [6.07, 6.45) is 2.96. The van der Waals surface area contributed by atoms with Crippen molar-refractivity contribution in [3.8, 4) is 16.9 Å². The number of nitrogens with zero attached hydrogens (tertiary/aromatic N) is 2. The zero-order valence-electron chi connectivity index (χ0n) is 18.6. The molecule has 0 spiro atoms. The van der Waals surface area contributed by atoms with Gasteiger partial charge in [-0.25, -0.2) is 8.42 Å². The van der Waals surface area contributed by atoms with Gasteiger partial charge < -0.3 is 14.6 Å². The molecule has 1 saturated carbocycles. The van der Waals surface area contributed by atoms with Crippen LogP contribution in [0.3, 0.4) is 0 Å². The van der Waals surface area contributed by atoms with E-state index < -0.39 is 10.0 Å². The van der Waals surface area contributed by atoms with Crippen molar-refractivity contribution in [2.75, 3.05) is 29.5 Å². The fraction of sp³-hybridized carbons (Fsp3) is 0.435. The smallest absolute Gasteiger partial charge is 0.232 e. The van der Waals surface area contributed by atoms with Gasteiger partial charge in [-0.05, 0) is 53.6 Å². The first-order valence-electron chi connectivity index (χ1n) is 10.4. The third-order valence-electron chi connectivity index (χ3n) is 5.24. The topological polar surface area (TPSA) is 84.7 Å². The highest BCUT2D eigenvalue weighted by molar-refractivity contribution is 7.92. The highest BCUT2D eigenvalue weighted by Gasteiger charge is 2.37. The Morgan fingerprint density at radius 1 is 1.16 bits per heavy atom. The summed E-state index contributed by atoms with van der Waals surface area (Å²) in [6, 6.07) is 11.5. The standard InChI is InChI=1S/C23H29N3O4S/c1-23(2,3)14-24-22-18-12-15(6-10-20(18)30-25-22)16-7-11-21(29-4)19(13-16)26(17-8-9-17)31(5,27)28/h6-7,10-13,17H,8-9,14H2,1-5H3,(H,24,25). The summed E-state index contributed by atoms with van der Waals surface area (Å²) in [5, 5.41) is 8.43. The Balaban J connectivity index is 1.75. The summed E-state index contributed by atoms with van der Waals surface area (Å²) < 4.78 is 37.5. The number of fused-ring (bicyclic) bond motifs is 1. The van der Waals surface area contributed by atoms with Crippen molar-refractivity contribution in [3.05, 3.63) is 36.4 Å². The van der Waals surface area contributed by atoms with E-state index >= 15 is 0 Å². The molecule has 0 atom stereocenters. The van der Waals surface area contributed by atoms with E-state index in [-0.39, 0.29) is 11.5 Å². The molecule has 1 aromatic heterocycles. The van der Waals surface area contributed by atoms with Crippen molar-refractivity contribution in [2.24, 2.45) is 5.41 Å². The molecule has 31 heavy (non-hydrogen) atoms. The summed E-state index contributed by atoms with van der Waals surface area (Å²) in [7, 11) is -1.86. The monoisotopic (exact) mass is 443 g/mol. The summed E-state index contributed by atoms with van der Waals surface area (Å²) >= 11 is 0. The molecular formula is C23H29N3O4S. The molecule has 1 aliphatic rings. The molecule has 0 unspecified atom stereocenters. The number of ether oxygens (including phenoxy) is 1. The van der Waals surface area contributed by atoms with E-state index in [2.05, 4.69) is 31.2 Å². The average Bonchev–Trinajstić information content (AvgIpc) is 3.43. The van der Waals surface area contributed by atoms with Crippen molar-refractivity contribution in [3.63, 3.8) is 0 Å². The lowest BCUT2D eigenvalue weighted by Crippen LogP contribution is -2.32. The third kappa shape index (κ3) is 4.63. The second kappa shape index (κ2) is 7.75. The number of rotatable bonds is 7. The van der Waals surface area contributed by atoms with Gasteiger partial charge in [0.2, 0.25) is 10.0 Å². The first kappa shape index (κ1) is 21.5. The number of sulfonamides is 1. The minimum Gasteiger partial charge on any atom is -0.495 e. The number of hydrogen-bond acceptors (Lipinski definition) is 6. The van der Waals surface area contributed by atoms with E-state index in [0.717, 1.165) is 35.9 Å². The highest BCUT2D eigenvalue weighted by atomic mass is 32.2. The van der Waals surface area contributed by atoms with Crippen LogP contribution in [-0.4, -0.2) is 39.5 Å². The van der Waals surface area contributed by atoms with Crippen LogP contribution in [0.15, 0.2) is 40.9 Å². The van der Waals surface area contributed by atoms with Crippen LogP contribution >= 0.6 is 0 Å². The maximum absolute atomic E-state index is 12.5. The van der Waals surface area contributed by atoms with Crippen molar-refractivity contribution in [1.82, 2.24) is 5.16 Å². The van der Waals surface area contributed by atoms with E-state index in [0.29, 0.717) is 22.8 Å². The van der Waals surface area contributed by atoms with Crippen LogP contribution in [0.1, 0.15) is 33.6 Å². The fourth-order valence-corrected chi connectivity index (χ4v) is 4.84. The molecule has 0 amide bonds. The van der Waals surface area contributed by atoms with Gasteiger partial charge in [0.25, 0.3) is 0 Å². The average molecular weight is 444 g/mol. The van der Waals surface area contributed by atoms with Crippen molar-refractivity contribution in [2.45, 2.75) is 39.7 Å². The molecule has 8 heteroatoms. The van der Waals surface area contributed by atoms with Crippen LogP contribution in [0.4, 0.5) is 11.5 Å². The SMILES string of the molecule is COc1ccc(-c2ccc3onc(NCC(C)(C)C)c3c2)cc1N(C1CC1)S(C)(=O)=O. The first-order chi connectivity index (χ1) is 14.6. The predicted octanol–water partition coefficient (Wildman–Crippen LogP) is 4.89. The van der Waals surface area contributed by atoms with Gasteiger partial charge in [0.05, 0.1) is 24.4 Å². The lowest BCUT2D eigenvalue weighted by molar-refractivity contribution is 0.415. The van der Waals surface area contributed by atoms with E-state index in [4.69, 9.17) is 9.26 Å². The molecule has 0 bridgehead atoms. The van der Waals surface area contributed by atoms with Gasteiger partial charge in [-0.3, -0.25) is 4.31 Å². The van der Waals surface area contributed by atoms with Crippen LogP contribution in [0.25, 0.3) is 22.1 Å². The van der Waals surface area contributed by atoms with Crippen LogP contribution < -0.4 is 14.4 Å². The Hall–Kier alpha value is -2.74. The second-order valence-corrected chi connectivity index (χ2v) is 11.2. The fourth-order valence-electron chi connectivity index (χ4n) is 3.59. The Kier molecular flexibility index (Phi) is 5.37. The predicted molar refractivity (Wildman–Crippen MR) is 124 cm³/mol. The minimum absolute atomic E-state index is 0.00657. The number of anilines is 2. The molecule has 0 aliphatic heterocycles. The Labute approximate surface area is 183 Å². The summed E-state index contributed by atoms with van der Waals surface area (Å²) in [5.74, 6) is 1.25. The van der Waals surface area contributed by atoms with Crippen LogP contribution in [0.2, 0.25) is 0 Å². The van der Waals surface area contributed by atoms with E-state index in [1.165, 1.54) is 10.6 Å². The lowest BCUT2D eigenvalue weighted by atomic mass is 9.97. The second-order valence-electron chi connectivity index (χ2n) is 9.33. The molecule has 2 aromatic carbocycles. The van der Waals surface area contributed by atoms with Gasteiger partial charge in [0, 0.05) is 12.6 Å². The zero-order chi connectivity index (χ0) is 22.4. The summed E-state index contributed by atoms with van der Waals surface area (Å²) in [5.41, 5.74) is 3.22. The van der Waals surface area contributed by atoms with Crippen molar-refractivity contribution < 1.29 is 17.7 Å². The first-order valence-corrected chi connectivity index (χ1v) is 12.2. The zero-order valence-corrected chi connectivity index (χ0v) is 19.4. The van der Waals surface area contributed by atoms with Gasteiger partial charge in [0.15, 0.2) is 11.4 Å². The number of aromatic nitrogens is 1. The van der Waals surface area contributed by atoms with Gasteiger partial charge >= 0.3 is 0 Å². The quantitative estimate of drug-likeness (QED) is 0.560. The molecule has 3 aromatic rings. The molecule has 1 aliphatic carbocycles. The van der Waals surface area contributed by atoms with Crippen molar-refractivity contribution >= 4 is 32.5 Å². The Bertz CT molecular complexity index is 1210. The van der Waals surface area contributed by atoms with Crippen molar-refractivity contribution in [1.29, 1.82) is 0 Å². The van der Waals surface area contributed by atoms with Gasteiger partial charge in [-0.15, -0.1) is 0 Å². The lowest BCUT2D eigenvalue weighted by Gasteiger charge is -2.24. The molecular weight excluding hydrogens is 414 g/mol. The molecule has 0 saturated heterocycles. The largest absolute Gasteiger partial charge is 0.495 e. The van der Waals surface area contributed by atoms with Crippen LogP contribution in [0.5, 0.6) is 5.75 Å². The van der Waals surface area contributed by atoms with E-state index in [1.54, 1.807) is 7.11 Å². The van der Waals surface area contributed by atoms with Gasteiger partial charge in [0.1, 0.15) is 5.75 Å². The molecule has 1 N–H and O–H groups in total. The van der Waals surface area contributed by atoms with Crippen LogP contribution in [-0.2, 0) is 10.0 Å². The molecule has 4 rings (SSSR count). The summed E-state index contributed by atoms with van der Waals surface area (Å²) in [4.78, 5) is 0. The Morgan fingerprint density at radius 3 is 2.45 bits per heavy atom. The molecule has 1 fully saturated rings. The third-order valence-corrected chi connectivity index (χ3v) is 6.45. The number of benzene rings is 2. The normalized spacial score (nSPS) is 14.6. The summed E-state index contributed by atoms with van der Waals surface area (Å²) in [6.45, 7) is 7.22. The number of hydrogen-bond donors (Lipinski definition) is 1. The molecule has 7 nitrogen and oxygen atoms in total. The van der Waals surface area contributed by atoms with E-state index in [1.807, 2.05) is 36.4 Å². The van der Waals surface area contributed by atoms with E-state index in [9.17, 15) is 8.42 Å². The Morgan fingerprint density at radius 2 is 1.84 bits per heavy atom. The van der Waals surface area contributed by atoms with Gasteiger partial charge in [-0.2, -0.15) is 0 Å². The highest BCUT2D eigenvalue weighted by Crippen LogP contribution is 2.41. The number of nitrogens with one attached hydrogen (secondary N) is 1. The maximum atomic E-state index is 12.5. The molecule has 166 valence electrons. The minimum atomic E-state index is -3.42. The number of methoxy groups -OCH3 is 1. The van der Waals surface area contributed by atoms with Gasteiger partial charge in [-0.1, -0.05) is 38.1 Å².